The van der Waals surface area contributed by atoms with Crippen LogP contribution in [0.2, 0.25) is 0 Å². The molecule has 2 aromatic rings. The van der Waals surface area contributed by atoms with E-state index in [1.165, 1.54) is 6.26 Å². The number of sulfone groups is 1. The van der Waals surface area contributed by atoms with E-state index in [1.54, 1.807) is 11.1 Å². The first kappa shape index (κ1) is 16.9. The predicted octanol–water partition coefficient (Wildman–Crippen LogP) is 0.445. The molecule has 0 radical (unpaired) electrons. The van der Waals surface area contributed by atoms with Crippen molar-refractivity contribution in [2.24, 2.45) is 0 Å². The molecule has 2 aromatic heterocycles. The van der Waals surface area contributed by atoms with Gasteiger partial charge in [-0.3, -0.25) is 9.69 Å². The van der Waals surface area contributed by atoms with Crippen LogP contribution in [0.5, 0.6) is 0 Å². The van der Waals surface area contributed by atoms with Crippen molar-refractivity contribution < 1.29 is 13.2 Å². The van der Waals surface area contributed by atoms with Gasteiger partial charge in [0.25, 0.3) is 5.91 Å². The molecule has 0 N–H and O–H groups in total. The molecule has 1 aliphatic rings. The third-order valence-electron chi connectivity index (χ3n) is 4.26. The van der Waals surface area contributed by atoms with Gasteiger partial charge in [0, 0.05) is 51.4 Å². The van der Waals surface area contributed by atoms with Gasteiger partial charge in [-0.05, 0) is 18.6 Å². The number of carbonyl (C=O) groups is 1. The Kier molecular flexibility index (Phi) is 4.60. The van der Waals surface area contributed by atoms with Crippen LogP contribution in [0.1, 0.15) is 16.1 Å². The molecule has 0 unspecified atom stereocenters. The summed E-state index contributed by atoms with van der Waals surface area (Å²) in [5, 5.41) is 0. The van der Waals surface area contributed by atoms with E-state index in [9.17, 15) is 13.2 Å². The highest BCUT2D eigenvalue weighted by molar-refractivity contribution is 7.90. The number of fused-ring (bicyclic) bond motifs is 1. The third-order valence-corrected chi connectivity index (χ3v) is 5.18. The van der Waals surface area contributed by atoms with Gasteiger partial charge in [-0.2, -0.15) is 0 Å². The van der Waals surface area contributed by atoms with Crippen molar-refractivity contribution in [2.75, 3.05) is 44.7 Å². The van der Waals surface area contributed by atoms with Gasteiger partial charge < -0.3 is 9.30 Å². The molecule has 1 fully saturated rings. The summed E-state index contributed by atoms with van der Waals surface area (Å²) in [6.07, 6.45) is 4.96. The van der Waals surface area contributed by atoms with Crippen LogP contribution in [0.4, 0.5) is 0 Å². The second-order valence-electron chi connectivity index (χ2n) is 6.36. The van der Waals surface area contributed by atoms with Crippen molar-refractivity contribution in [3.05, 3.63) is 35.8 Å². The van der Waals surface area contributed by atoms with Crippen LogP contribution >= 0.6 is 0 Å². The molecule has 7 nitrogen and oxygen atoms in total. The van der Waals surface area contributed by atoms with E-state index in [1.807, 2.05) is 29.7 Å². The number of piperazine rings is 1. The fourth-order valence-electron chi connectivity index (χ4n) is 2.84. The Morgan fingerprint density at radius 2 is 1.88 bits per heavy atom. The van der Waals surface area contributed by atoms with Crippen LogP contribution in [0.15, 0.2) is 24.5 Å². The molecule has 0 saturated carbocycles. The van der Waals surface area contributed by atoms with E-state index in [0.29, 0.717) is 38.4 Å². The van der Waals surface area contributed by atoms with E-state index in [4.69, 9.17) is 0 Å². The van der Waals surface area contributed by atoms with Gasteiger partial charge >= 0.3 is 0 Å². The average molecular weight is 350 g/mol. The maximum atomic E-state index is 12.6. The number of aryl methyl sites for hydroxylation is 1. The smallest absolute Gasteiger partial charge is 0.274 e. The van der Waals surface area contributed by atoms with Gasteiger partial charge in [0.15, 0.2) is 0 Å². The number of hydrogen-bond acceptors (Lipinski definition) is 5. The first-order valence-corrected chi connectivity index (χ1v) is 10.0. The Morgan fingerprint density at radius 1 is 1.17 bits per heavy atom. The van der Waals surface area contributed by atoms with Gasteiger partial charge in [-0.25, -0.2) is 13.4 Å². The largest absolute Gasteiger partial charge is 0.335 e. The molecule has 0 aromatic carbocycles. The van der Waals surface area contributed by atoms with Gasteiger partial charge in [0.2, 0.25) is 0 Å². The number of aromatic nitrogens is 2. The number of imidazole rings is 1. The van der Waals surface area contributed by atoms with Crippen LogP contribution in [0, 0.1) is 6.92 Å². The normalized spacial score (nSPS) is 16.7. The van der Waals surface area contributed by atoms with Gasteiger partial charge in [0.05, 0.1) is 5.75 Å². The molecular formula is C16H22N4O3S. The highest BCUT2D eigenvalue weighted by atomic mass is 32.2. The standard InChI is InChI=1S/C16H22N4O3S/c1-13-3-4-15-17-14(12-20(15)11-13)16(21)19-7-5-18(6-8-19)9-10-24(2,22)23/h3-4,11-12H,5-10H2,1-2H3. The molecule has 24 heavy (non-hydrogen) atoms. The number of rotatable bonds is 4. The lowest BCUT2D eigenvalue weighted by Crippen LogP contribution is -2.49. The zero-order chi connectivity index (χ0) is 17.3. The molecule has 3 heterocycles. The Labute approximate surface area is 141 Å². The first-order valence-electron chi connectivity index (χ1n) is 7.96. The van der Waals surface area contributed by atoms with Crippen molar-refractivity contribution in [3.63, 3.8) is 0 Å². The van der Waals surface area contributed by atoms with Gasteiger partial charge in [-0.1, -0.05) is 6.07 Å². The predicted molar refractivity (Wildman–Crippen MR) is 92.0 cm³/mol. The van der Waals surface area contributed by atoms with Gasteiger partial charge in [0.1, 0.15) is 21.2 Å². The van der Waals surface area contributed by atoms with Gasteiger partial charge in [-0.15, -0.1) is 0 Å². The lowest BCUT2D eigenvalue weighted by atomic mass is 10.3. The minimum Gasteiger partial charge on any atom is -0.335 e. The van der Waals surface area contributed by atoms with Crippen molar-refractivity contribution in [1.29, 1.82) is 0 Å². The van der Waals surface area contributed by atoms with E-state index in [0.717, 1.165) is 11.2 Å². The molecule has 0 spiro atoms. The summed E-state index contributed by atoms with van der Waals surface area (Å²) in [6, 6.07) is 3.87. The second kappa shape index (κ2) is 6.52. The average Bonchev–Trinajstić information content (AvgIpc) is 2.95. The third kappa shape index (κ3) is 3.93. The molecule has 0 bridgehead atoms. The summed E-state index contributed by atoms with van der Waals surface area (Å²) >= 11 is 0. The quantitative estimate of drug-likeness (QED) is 0.800. The number of hydrogen-bond donors (Lipinski definition) is 0. The summed E-state index contributed by atoms with van der Waals surface area (Å²) < 4.78 is 24.3. The maximum Gasteiger partial charge on any atom is 0.274 e. The fraction of sp³-hybridized carbons (Fsp3) is 0.500. The van der Waals surface area contributed by atoms with Crippen molar-refractivity contribution in [2.45, 2.75) is 6.92 Å². The topological polar surface area (TPSA) is 75.0 Å². The molecule has 1 saturated heterocycles. The summed E-state index contributed by atoms with van der Waals surface area (Å²) in [5.41, 5.74) is 2.32. The minimum absolute atomic E-state index is 0.0703. The number of carbonyl (C=O) groups excluding carboxylic acids is 1. The highest BCUT2D eigenvalue weighted by Gasteiger charge is 2.24. The van der Waals surface area contributed by atoms with Crippen LogP contribution in [0.3, 0.4) is 0 Å². The fourth-order valence-corrected chi connectivity index (χ4v) is 3.43. The van der Waals surface area contributed by atoms with Crippen LogP contribution in [0.25, 0.3) is 5.65 Å². The van der Waals surface area contributed by atoms with Crippen molar-refractivity contribution in [1.82, 2.24) is 19.2 Å². The zero-order valence-electron chi connectivity index (χ0n) is 14.0. The lowest BCUT2D eigenvalue weighted by Gasteiger charge is -2.34. The minimum atomic E-state index is -2.95. The molecular weight excluding hydrogens is 328 g/mol. The summed E-state index contributed by atoms with van der Waals surface area (Å²) in [5.74, 6) is 0.0892. The van der Waals surface area contributed by atoms with Crippen molar-refractivity contribution >= 4 is 21.4 Å². The lowest BCUT2D eigenvalue weighted by molar-refractivity contribution is 0.0639. The summed E-state index contributed by atoms with van der Waals surface area (Å²) in [4.78, 5) is 20.9. The van der Waals surface area contributed by atoms with E-state index < -0.39 is 9.84 Å². The monoisotopic (exact) mass is 350 g/mol. The molecule has 130 valence electrons. The van der Waals surface area contributed by atoms with Crippen LogP contribution < -0.4 is 0 Å². The maximum absolute atomic E-state index is 12.6. The Bertz CT molecular complexity index is 851. The van der Waals surface area contributed by atoms with Crippen molar-refractivity contribution in [3.8, 4) is 0 Å². The molecule has 8 heteroatoms. The number of nitrogens with zero attached hydrogens (tertiary/aromatic N) is 4. The first-order chi connectivity index (χ1) is 11.3. The van der Waals surface area contributed by atoms with E-state index in [2.05, 4.69) is 9.88 Å². The van der Waals surface area contributed by atoms with Crippen LogP contribution in [-0.2, 0) is 9.84 Å². The molecule has 0 atom stereocenters. The molecule has 0 aliphatic carbocycles. The second-order valence-corrected chi connectivity index (χ2v) is 8.62. The zero-order valence-corrected chi connectivity index (χ0v) is 14.8. The Hall–Kier alpha value is -1.93. The Morgan fingerprint density at radius 3 is 2.54 bits per heavy atom. The van der Waals surface area contributed by atoms with E-state index >= 15 is 0 Å². The summed E-state index contributed by atoms with van der Waals surface area (Å²) in [6.45, 7) is 5.08. The number of pyridine rings is 1. The molecule has 1 amide bonds. The highest BCUT2D eigenvalue weighted by Crippen LogP contribution is 2.11. The number of amides is 1. The van der Waals surface area contributed by atoms with E-state index in [-0.39, 0.29) is 11.7 Å². The molecule has 3 rings (SSSR count). The summed E-state index contributed by atoms with van der Waals surface area (Å²) in [7, 11) is -2.95. The molecule has 1 aliphatic heterocycles. The Balaban J connectivity index is 1.62. The SMILES string of the molecule is Cc1ccc2nc(C(=O)N3CCN(CCS(C)(=O)=O)CC3)cn2c1. The van der Waals surface area contributed by atoms with Crippen LogP contribution in [-0.4, -0.2) is 78.2 Å².